The van der Waals surface area contributed by atoms with Crippen molar-refractivity contribution in [2.24, 2.45) is 0 Å². The van der Waals surface area contributed by atoms with E-state index in [4.69, 9.17) is 18.9 Å². The van der Waals surface area contributed by atoms with Crippen LogP contribution in [0.2, 0.25) is 0 Å². The van der Waals surface area contributed by atoms with Crippen LogP contribution in [0.5, 0.6) is 0 Å². The molecule has 48 heavy (non-hydrogen) atoms. The zero-order chi connectivity index (χ0) is 34.7. The Morgan fingerprint density at radius 1 is 0.542 bits per heavy atom. The summed E-state index contributed by atoms with van der Waals surface area (Å²) in [7, 11) is 0. The van der Waals surface area contributed by atoms with Crippen molar-refractivity contribution in [2.75, 3.05) is 13.2 Å². The molecule has 2 aliphatic carbocycles. The third-order valence-corrected chi connectivity index (χ3v) is 8.85. The van der Waals surface area contributed by atoms with Crippen molar-refractivity contribution < 1.29 is 38.1 Å². The van der Waals surface area contributed by atoms with Crippen molar-refractivity contribution in [3.8, 4) is 0 Å². The van der Waals surface area contributed by atoms with E-state index in [2.05, 4.69) is 13.8 Å². The fourth-order valence-corrected chi connectivity index (χ4v) is 6.00. The molecular formula is C40H62O8. The van der Waals surface area contributed by atoms with Crippen LogP contribution in [0, 0.1) is 0 Å². The second kappa shape index (κ2) is 26.8. The third-order valence-electron chi connectivity index (χ3n) is 8.85. The zero-order valence-corrected chi connectivity index (χ0v) is 29.9. The predicted molar refractivity (Wildman–Crippen MR) is 189 cm³/mol. The average molecular weight is 671 g/mol. The molecule has 0 unspecified atom stereocenters. The van der Waals surface area contributed by atoms with Crippen LogP contribution < -0.4 is 0 Å². The summed E-state index contributed by atoms with van der Waals surface area (Å²) in [4.78, 5) is 47.9. The normalized spacial score (nSPS) is 15.3. The Morgan fingerprint density at radius 2 is 0.896 bits per heavy atom. The Morgan fingerprint density at radius 3 is 1.27 bits per heavy atom. The van der Waals surface area contributed by atoms with Crippen molar-refractivity contribution in [3.63, 3.8) is 0 Å². The topological polar surface area (TPSA) is 105 Å². The van der Waals surface area contributed by atoms with Crippen molar-refractivity contribution in [3.05, 3.63) is 47.5 Å². The van der Waals surface area contributed by atoms with E-state index in [9.17, 15) is 19.2 Å². The van der Waals surface area contributed by atoms with E-state index in [1.54, 1.807) is 24.3 Å². The summed E-state index contributed by atoms with van der Waals surface area (Å²) in [6.45, 7) is 5.17. The Hall–Kier alpha value is -3.16. The highest BCUT2D eigenvalue weighted by atomic mass is 16.6. The molecule has 8 nitrogen and oxygen atoms in total. The monoisotopic (exact) mass is 670 g/mol. The molecule has 270 valence electrons. The maximum absolute atomic E-state index is 12.4. The summed E-state index contributed by atoms with van der Waals surface area (Å²) in [6.07, 6.45) is 26.7. The number of rotatable bonds is 20. The first-order valence-corrected chi connectivity index (χ1v) is 19.0. The smallest absolute Gasteiger partial charge is 0.339 e. The minimum atomic E-state index is -0.444. The summed E-state index contributed by atoms with van der Waals surface area (Å²) in [5, 5.41) is 0. The van der Waals surface area contributed by atoms with Gasteiger partial charge in [0.1, 0.15) is 12.2 Å². The molecule has 0 atom stereocenters. The van der Waals surface area contributed by atoms with Crippen LogP contribution in [0.15, 0.2) is 36.4 Å². The molecule has 0 heterocycles. The molecule has 0 spiro atoms. The molecule has 0 aromatic heterocycles. The SMILES string of the molecule is CCCCCCCCOC(=O)c1ccccc1C(=O)OCCCCCCCC.O=C(/C=C\C(=O)OC1CCCCC1)OC1CCCCC1. The van der Waals surface area contributed by atoms with Crippen LogP contribution in [-0.4, -0.2) is 49.3 Å². The highest BCUT2D eigenvalue weighted by Crippen LogP contribution is 2.22. The van der Waals surface area contributed by atoms with Gasteiger partial charge >= 0.3 is 23.9 Å². The summed E-state index contributed by atoms with van der Waals surface area (Å²) in [5.41, 5.74) is 0.586. The molecule has 3 rings (SSSR count). The van der Waals surface area contributed by atoms with Gasteiger partial charge in [-0.1, -0.05) is 103 Å². The minimum Gasteiger partial charge on any atom is -0.462 e. The van der Waals surface area contributed by atoms with E-state index < -0.39 is 23.9 Å². The lowest BCUT2D eigenvalue weighted by atomic mass is 9.98. The number of esters is 4. The lowest BCUT2D eigenvalue weighted by molar-refractivity contribution is -0.147. The van der Waals surface area contributed by atoms with Gasteiger partial charge in [-0.3, -0.25) is 0 Å². The van der Waals surface area contributed by atoms with Crippen LogP contribution >= 0.6 is 0 Å². The quantitative estimate of drug-likeness (QED) is 0.0584. The van der Waals surface area contributed by atoms with Crippen LogP contribution in [0.3, 0.4) is 0 Å². The van der Waals surface area contributed by atoms with Crippen molar-refractivity contribution in [2.45, 2.75) is 167 Å². The number of carbonyl (C=O) groups excluding carboxylic acids is 4. The third kappa shape index (κ3) is 19.0. The van der Waals surface area contributed by atoms with E-state index in [1.807, 2.05) is 0 Å². The second-order valence-electron chi connectivity index (χ2n) is 13.1. The van der Waals surface area contributed by atoms with Crippen LogP contribution in [-0.2, 0) is 28.5 Å². The molecule has 2 fully saturated rings. The maximum Gasteiger partial charge on any atom is 0.339 e. The van der Waals surface area contributed by atoms with Gasteiger partial charge in [0.2, 0.25) is 0 Å². The number of carbonyl (C=O) groups is 4. The molecule has 0 radical (unpaired) electrons. The lowest BCUT2D eigenvalue weighted by Gasteiger charge is -2.21. The lowest BCUT2D eigenvalue weighted by Crippen LogP contribution is -2.21. The number of hydrogen-bond donors (Lipinski definition) is 0. The molecule has 0 N–H and O–H groups in total. The largest absolute Gasteiger partial charge is 0.462 e. The number of hydrogen-bond acceptors (Lipinski definition) is 8. The van der Waals surface area contributed by atoms with E-state index >= 15 is 0 Å². The number of benzene rings is 1. The van der Waals surface area contributed by atoms with E-state index in [0.717, 1.165) is 77.0 Å². The van der Waals surface area contributed by atoms with Gasteiger partial charge < -0.3 is 18.9 Å². The Balaban J connectivity index is 0.000000351. The Labute approximate surface area is 289 Å². The first-order chi connectivity index (χ1) is 23.4. The van der Waals surface area contributed by atoms with Gasteiger partial charge in [0.05, 0.1) is 24.3 Å². The fraction of sp³-hybridized carbons (Fsp3) is 0.700. The standard InChI is InChI=1S/C24H38O4.C16H24O4/c1-3-5-7-9-11-15-19-27-23(25)21-17-13-14-18-22(21)24(26)28-20-16-12-10-8-6-4-2;17-15(19-13-7-3-1-4-8-13)11-12-16(18)20-14-9-5-2-6-10-14/h13-14,17-18H,3-12,15-16,19-20H2,1-2H3;11-14H,1-10H2/b;12-11-. The zero-order valence-electron chi connectivity index (χ0n) is 29.9. The minimum absolute atomic E-state index is 0.0234. The van der Waals surface area contributed by atoms with Crippen LogP contribution in [0.1, 0.15) is 176 Å². The Kier molecular flexibility index (Phi) is 22.9. The van der Waals surface area contributed by atoms with Crippen LogP contribution in [0.25, 0.3) is 0 Å². The van der Waals surface area contributed by atoms with Crippen molar-refractivity contribution in [1.29, 1.82) is 0 Å². The van der Waals surface area contributed by atoms with Gasteiger partial charge in [-0.25, -0.2) is 19.2 Å². The highest BCUT2D eigenvalue weighted by Gasteiger charge is 2.20. The highest BCUT2D eigenvalue weighted by molar-refractivity contribution is 6.03. The summed E-state index contributed by atoms with van der Waals surface area (Å²) in [6, 6.07) is 6.74. The maximum atomic E-state index is 12.4. The molecule has 0 amide bonds. The first kappa shape index (κ1) is 41.0. The molecule has 1 aromatic rings. The molecular weight excluding hydrogens is 608 g/mol. The molecule has 1 aromatic carbocycles. The van der Waals surface area contributed by atoms with Gasteiger partial charge in [0.25, 0.3) is 0 Å². The molecule has 2 aliphatic rings. The Bertz CT molecular complexity index is 986. The summed E-state index contributed by atoms with van der Waals surface area (Å²) >= 11 is 0. The molecule has 8 heteroatoms. The second-order valence-corrected chi connectivity index (χ2v) is 13.1. The molecule has 0 aliphatic heterocycles. The fourth-order valence-electron chi connectivity index (χ4n) is 6.00. The van der Waals surface area contributed by atoms with Crippen LogP contribution in [0.4, 0.5) is 0 Å². The number of ether oxygens (including phenoxy) is 4. The van der Waals surface area contributed by atoms with Gasteiger partial charge in [-0.15, -0.1) is 0 Å². The van der Waals surface area contributed by atoms with E-state index in [0.29, 0.717) is 24.3 Å². The predicted octanol–water partition coefficient (Wildman–Crippen LogP) is 10.0. The van der Waals surface area contributed by atoms with Gasteiger partial charge in [-0.2, -0.15) is 0 Å². The van der Waals surface area contributed by atoms with E-state index in [-0.39, 0.29) is 12.2 Å². The first-order valence-electron chi connectivity index (χ1n) is 19.0. The van der Waals surface area contributed by atoms with Crippen molar-refractivity contribution in [1.82, 2.24) is 0 Å². The number of unbranched alkanes of at least 4 members (excludes halogenated alkanes) is 10. The molecule has 0 bridgehead atoms. The van der Waals surface area contributed by atoms with Gasteiger partial charge in [0, 0.05) is 12.2 Å². The van der Waals surface area contributed by atoms with Gasteiger partial charge in [-0.05, 0) is 76.3 Å². The van der Waals surface area contributed by atoms with Gasteiger partial charge in [0.15, 0.2) is 0 Å². The summed E-state index contributed by atoms with van der Waals surface area (Å²) in [5.74, 6) is -1.75. The van der Waals surface area contributed by atoms with Crippen molar-refractivity contribution >= 4 is 23.9 Å². The van der Waals surface area contributed by atoms with E-state index in [1.165, 1.54) is 76.4 Å². The molecule has 0 saturated heterocycles. The summed E-state index contributed by atoms with van der Waals surface area (Å²) < 4.78 is 21.3. The average Bonchev–Trinajstić information content (AvgIpc) is 3.11. The molecule has 2 saturated carbocycles.